The van der Waals surface area contributed by atoms with E-state index in [0.29, 0.717) is 0 Å². The molecule has 0 saturated carbocycles. The van der Waals surface area contributed by atoms with Crippen molar-refractivity contribution < 1.29 is 4.74 Å². The minimum Gasteiger partial charge on any atom is -0.456 e. The lowest BCUT2D eigenvalue weighted by Gasteiger charge is -2.20. The minimum atomic E-state index is 0.113. The van der Waals surface area contributed by atoms with Crippen LogP contribution in [0, 0.1) is 3.57 Å². The van der Waals surface area contributed by atoms with Gasteiger partial charge >= 0.3 is 0 Å². The third-order valence-corrected chi connectivity index (χ3v) is 4.13. The van der Waals surface area contributed by atoms with Crippen molar-refractivity contribution in [2.45, 2.75) is 32.9 Å². The first kappa shape index (κ1) is 16.8. The fourth-order valence-electron chi connectivity index (χ4n) is 1.76. The fraction of sp³-hybridized carbons (Fsp3) is 0.294. The highest BCUT2D eigenvalue weighted by Crippen LogP contribution is 2.31. The van der Waals surface area contributed by atoms with Crippen LogP contribution in [-0.4, -0.2) is 5.54 Å². The van der Waals surface area contributed by atoms with Crippen LogP contribution < -0.4 is 10.1 Å². The summed E-state index contributed by atoms with van der Waals surface area (Å²) in [6.07, 6.45) is 0. The molecular weight excluding hydrogens is 441 g/mol. The van der Waals surface area contributed by atoms with Crippen LogP contribution in [0.5, 0.6) is 11.5 Å². The zero-order valence-electron chi connectivity index (χ0n) is 12.4. The molecule has 0 aliphatic carbocycles. The van der Waals surface area contributed by atoms with Gasteiger partial charge < -0.3 is 10.1 Å². The summed E-state index contributed by atoms with van der Waals surface area (Å²) in [5.41, 5.74) is 1.34. The van der Waals surface area contributed by atoms with E-state index < -0.39 is 0 Å². The Labute approximate surface area is 148 Å². The average molecular weight is 460 g/mol. The lowest BCUT2D eigenvalue weighted by atomic mass is 10.1. The Morgan fingerprint density at radius 3 is 2.52 bits per heavy atom. The Bertz CT molecular complexity index is 622. The number of benzene rings is 2. The molecule has 0 spiro atoms. The molecule has 0 amide bonds. The SMILES string of the molecule is CC(C)(C)NCc1ccc(Oc2cccc(I)c2)c(Br)c1. The number of nitrogens with one attached hydrogen (secondary N) is 1. The highest BCUT2D eigenvalue weighted by Gasteiger charge is 2.10. The quantitative estimate of drug-likeness (QED) is 0.589. The maximum Gasteiger partial charge on any atom is 0.141 e. The van der Waals surface area contributed by atoms with E-state index in [2.05, 4.69) is 76.7 Å². The molecule has 2 aromatic carbocycles. The molecule has 0 saturated heterocycles. The summed E-state index contributed by atoms with van der Waals surface area (Å²) >= 11 is 5.87. The molecule has 0 radical (unpaired) electrons. The molecule has 0 aromatic heterocycles. The summed E-state index contributed by atoms with van der Waals surface area (Å²) in [5, 5.41) is 3.48. The van der Waals surface area contributed by atoms with Gasteiger partial charge in [0, 0.05) is 15.7 Å². The molecule has 0 aliphatic heterocycles. The molecule has 2 aromatic rings. The molecular formula is C17H19BrINO. The van der Waals surface area contributed by atoms with Gasteiger partial charge in [-0.2, -0.15) is 0 Å². The minimum absolute atomic E-state index is 0.113. The van der Waals surface area contributed by atoms with Crippen LogP contribution in [-0.2, 0) is 6.54 Å². The largest absolute Gasteiger partial charge is 0.456 e. The number of ether oxygens (including phenoxy) is 1. The van der Waals surface area contributed by atoms with Gasteiger partial charge in [0.15, 0.2) is 0 Å². The number of hydrogen-bond acceptors (Lipinski definition) is 2. The molecule has 2 nitrogen and oxygen atoms in total. The van der Waals surface area contributed by atoms with Crippen molar-refractivity contribution in [1.29, 1.82) is 0 Å². The van der Waals surface area contributed by atoms with Gasteiger partial charge in [-0.05, 0) is 95.2 Å². The maximum atomic E-state index is 5.92. The molecule has 0 fully saturated rings. The second kappa shape index (κ2) is 7.11. The third kappa shape index (κ3) is 5.60. The molecule has 0 bridgehead atoms. The standard InChI is InChI=1S/C17H19BrINO/c1-17(2,3)20-11-12-7-8-16(15(18)9-12)21-14-6-4-5-13(19)10-14/h4-10,20H,11H2,1-3H3. The van der Waals surface area contributed by atoms with E-state index in [0.717, 1.165) is 26.1 Å². The van der Waals surface area contributed by atoms with Gasteiger partial charge in [0.25, 0.3) is 0 Å². The average Bonchev–Trinajstić information content (AvgIpc) is 2.38. The van der Waals surface area contributed by atoms with Gasteiger partial charge in [-0.3, -0.25) is 0 Å². The Kier molecular flexibility index (Phi) is 5.68. The normalized spacial score (nSPS) is 11.5. The predicted molar refractivity (Wildman–Crippen MR) is 100.0 cm³/mol. The van der Waals surface area contributed by atoms with Crippen LogP contribution in [0.15, 0.2) is 46.9 Å². The highest BCUT2D eigenvalue weighted by molar-refractivity contribution is 14.1. The van der Waals surface area contributed by atoms with Gasteiger partial charge in [0.1, 0.15) is 11.5 Å². The molecule has 112 valence electrons. The smallest absolute Gasteiger partial charge is 0.141 e. The second-order valence-corrected chi connectivity index (χ2v) is 8.03. The Balaban J connectivity index is 2.09. The summed E-state index contributed by atoms with van der Waals surface area (Å²) in [6.45, 7) is 7.33. The van der Waals surface area contributed by atoms with E-state index in [1.807, 2.05) is 30.3 Å². The van der Waals surface area contributed by atoms with E-state index >= 15 is 0 Å². The molecule has 2 rings (SSSR count). The molecule has 4 heteroatoms. The lowest BCUT2D eigenvalue weighted by Crippen LogP contribution is -2.35. The van der Waals surface area contributed by atoms with Crippen LogP contribution >= 0.6 is 38.5 Å². The number of hydrogen-bond donors (Lipinski definition) is 1. The third-order valence-electron chi connectivity index (χ3n) is 2.84. The van der Waals surface area contributed by atoms with E-state index in [1.54, 1.807) is 0 Å². The second-order valence-electron chi connectivity index (χ2n) is 5.93. The first-order chi connectivity index (χ1) is 9.83. The molecule has 0 aliphatic rings. The monoisotopic (exact) mass is 459 g/mol. The first-order valence-corrected chi connectivity index (χ1v) is 8.67. The summed E-state index contributed by atoms with van der Waals surface area (Å²) in [6, 6.07) is 14.2. The van der Waals surface area contributed by atoms with Crippen LogP contribution in [0.4, 0.5) is 0 Å². The van der Waals surface area contributed by atoms with Crippen LogP contribution in [0.1, 0.15) is 26.3 Å². The van der Waals surface area contributed by atoms with Crippen molar-refractivity contribution in [1.82, 2.24) is 5.32 Å². The Hall–Kier alpha value is -0.590. The first-order valence-electron chi connectivity index (χ1n) is 6.80. The topological polar surface area (TPSA) is 21.3 Å². The van der Waals surface area contributed by atoms with Crippen molar-refractivity contribution in [3.63, 3.8) is 0 Å². The Morgan fingerprint density at radius 1 is 1.14 bits per heavy atom. The van der Waals surface area contributed by atoms with Crippen LogP contribution in [0.3, 0.4) is 0 Å². The molecule has 0 unspecified atom stereocenters. The van der Waals surface area contributed by atoms with Crippen LogP contribution in [0.25, 0.3) is 0 Å². The fourth-order valence-corrected chi connectivity index (χ4v) is 2.78. The van der Waals surface area contributed by atoms with E-state index in [4.69, 9.17) is 4.74 Å². The highest BCUT2D eigenvalue weighted by atomic mass is 127. The maximum absolute atomic E-state index is 5.92. The van der Waals surface area contributed by atoms with Gasteiger partial charge in [0.05, 0.1) is 4.47 Å². The zero-order valence-corrected chi connectivity index (χ0v) is 16.2. The zero-order chi connectivity index (χ0) is 15.5. The van der Waals surface area contributed by atoms with E-state index in [1.165, 1.54) is 5.56 Å². The molecule has 0 atom stereocenters. The van der Waals surface area contributed by atoms with Crippen molar-refractivity contribution in [2.75, 3.05) is 0 Å². The summed E-state index contributed by atoms with van der Waals surface area (Å²) in [4.78, 5) is 0. The van der Waals surface area contributed by atoms with Crippen molar-refractivity contribution in [2.24, 2.45) is 0 Å². The summed E-state index contributed by atoms with van der Waals surface area (Å²) < 4.78 is 8.04. The van der Waals surface area contributed by atoms with Gasteiger partial charge in [-0.25, -0.2) is 0 Å². The van der Waals surface area contributed by atoms with Crippen molar-refractivity contribution in [3.05, 3.63) is 56.1 Å². The lowest BCUT2D eigenvalue weighted by molar-refractivity contribution is 0.424. The Morgan fingerprint density at radius 2 is 1.90 bits per heavy atom. The molecule has 21 heavy (non-hydrogen) atoms. The molecule has 1 N–H and O–H groups in total. The van der Waals surface area contributed by atoms with Gasteiger partial charge in [-0.1, -0.05) is 12.1 Å². The van der Waals surface area contributed by atoms with E-state index in [9.17, 15) is 0 Å². The summed E-state index contributed by atoms with van der Waals surface area (Å²) in [7, 11) is 0. The van der Waals surface area contributed by atoms with Crippen molar-refractivity contribution in [3.8, 4) is 11.5 Å². The number of halogens is 2. The van der Waals surface area contributed by atoms with E-state index in [-0.39, 0.29) is 5.54 Å². The number of rotatable bonds is 4. The van der Waals surface area contributed by atoms with Gasteiger partial charge in [0.2, 0.25) is 0 Å². The molecule has 0 heterocycles. The van der Waals surface area contributed by atoms with Crippen LogP contribution in [0.2, 0.25) is 0 Å². The predicted octanol–water partition coefficient (Wildman–Crippen LogP) is 5.73. The summed E-state index contributed by atoms with van der Waals surface area (Å²) in [5.74, 6) is 1.68. The van der Waals surface area contributed by atoms with Crippen molar-refractivity contribution >= 4 is 38.5 Å². The van der Waals surface area contributed by atoms with Gasteiger partial charge in [-0.15, -0.1) is 0 Å².